The molecule has 14 nitrogen and oxygen atoms in total. The molecule has 2 aliphatic heterocycles. The van der Waals surface area contributed by atoms with Crippen molar-refractivity contribution in [3.8, 4) is 11.8 Å². The second kappa shape index (κ2) is 12.4. The Balaban J connectivity index is 1.00. The zero-order chi connectivity index (χ0) is 33.5. The SMILES string of the molecule is C[C@H]1CCCN1Cc1nc2ccc(NC(=O)c3ccc(C(=O)N=Nc4ccc5c(O)n(C6CCC(=O)NC6=O)c(O)c5c4)cc3)cc2[nH]1. The van der Waals surface area contributed by atoms with Gasteiger partial charge in [0.1, 0.15) is 11.9 Å². The second-order valence-electron chi connectivity index (χ2n) is 12.1. The number of nitrogens with one attached hydrogen (secondary N) is 3. The number of hydrogen-bond donors (Lipinski definition) is 5. The summed E-state index contributed by atoms with van der Waals surface area (Å²) < 4.78 is 1.07. The van der Waals surface area contributed by atoms with Crippen molar-refractivity contribution in [3.05, 3.63) is 77.6 Å². The molecular formula is C34H32N8O6. The fraction of sp³-hybridized carbons (Fsp3) is 0.265. The molecule has 0 aliphatic carbocycles. The van der Waals surface area contributed by atoms with Gasteiger partial charge in [-0.05, 0) is 93.4 Å². The minimum Gasteiger partial charge on any atom is -0.494 e. The molecular weight excluding hydrogens is 616 g/mol. The van der Waals surface area contributed by atoms with Crippen LogP contribution in [0, 0.1) is 0 Å². The number of azo groups is 1. The number of carbonyl (C=O) groups is 4. The summed E-state index contributed by atoms with van der Waals surface area (Å²) in [7, 11) is 0. The van der Waals surface area contributed by atoms with E-state index in [1.54, 1.807) is 6.07 Å². The molecule has 0 bridgehead atoms. The summed E-state index contributed by atoms with van der Waals surface area (Å²) in [6.07, 6.45) is 2.57. The molecule has 2 saturated heterocycles. The first-order chi connectivity index (χ1) is 23.1. The number of amides is 4. The first-order valence-corrected chi connectivity index (χ1v) is 15.6. The quantitative estimate of drug-likeness (QED) is 0.119. The molecule has 7 rings (SSSR count). The van der Waals surface area contributed by atoms with Crippen LogP contribution in [0.5, 0.6) is 11.8 Å². The van der Waals surface area contributed by atoms with Gasteiger partial charge in [-0.1, -0.05) is 0 Å². The Morgan fingerprint density at radius 3 is 2.50 bits per heavy atom. The molecule has 3 aromatic carbocycles. The standard InChI is InChI=1S/C34H32N8O6/c1-18-3-2-14-41(18)17-28-36-25-11-9-21(16-26(25)37-28)35-30(44)19-4-6-20(7-5-19)31(45)40-39-22-8-10-23-24(15-22)34(48)42(33(23)47)27-12-13-29(43)38-32(27)46/h4-11,15-16,18,27,47-48H,2-3,12-14,17H2,1H3,(H,35,44)(H,36,37)(H,38,43,46)/t18-,27?/m0/s1. The Bertz CT molecular complexity index is 2130. The highest BCUT2D eigenvalue weighted by atomic mass is 16.3. The number of aromatic hydroxyl groups is 2. The van der Waals surface area contributed by atoms with Crippen molar-refractivity contribution in [1.29, 1.82) is 0 Å². The highest BCUT2D eigenvalue weighted by molar-refractivity contribution is 6.06. The number of rotatable bonds is 7. The molecule has 2 aromatic heterocycles. The molecule has 2 atom stereocenters. The Hall–Kier alpha value is -5.89. The predicted molar refractivity (Wildman–Crippen MR) is 175 cm³/mol. The lowest BCUT2D eigenvalue weighted by molar-refractivity contribution is -0.135. The zero-order valence-corrected chi connectivity index (χ0v) is 25.9. The smallest absolute Gasteiger partial charge is 0.295 e. The van der Waals surface area contributed by atoms with Crippen LogP contribution in [0.15, 0.2) is 70.9 Å². The summed E-state index contributed by atoms with van der Waals surface area (Å²) in [6.45, 7) is 4.05. The number of piperidine rings is 1. The molecule has 4 amide bonds. The number of H-pyrrole nitrogens is 1. The minimum absolute atomic E-state index is 0.0680. The average molecular weight is 649 g/mol. The molecule has 0 saturated carbocycles. The van der Waals surface area contributed by atoms with Crippen LogP contribution in [-0.4, -0.2) is 65.9 Å². The van der Waals surface area contributed by atoms with Crippen LogP contribution in [0.2, 0.25) is 0 Å². The number of imide groups is 1. The van der Waals surface area contributed by atoms with Crippen LogP contribution < -0.4 is 10.6 Å². The van der Waals surface area contributed by atoms with Crippen molar-refractivity contribution in [1.82, 2.24) is 24.8 Å². The van der Waals surface area contributed by atoms with E-state index in [2.05, 4.69) is 37.7 Å². The molecule has 0 spiro atoms. The molecule has 5 aromatic rings. The lowest BCUT2D eigenvalue weighted by Gasteiger charge is -2.23. The second-order valence-corrected chi connectivity index (χ2v) is 12.1. The van der Waals surface area contributed by atoms with Gasteiger partial charge in [0.05, 0.1) is 23.3 Å². The monoisotopic (exact) mass is 648 g/mol. The van der Waals surface area contributed by atoms with Crippen molar-refractivity contribution < 1.29 is 29.4 Å². The predicted octanol–water partition coefficient (Wildman–Crippen LogP) is 5.07. The number of likely N-dealkylation sites (tertiary alicyclic amines) is 1. The minimum atomic E-state index is -0.964. The van der Waals surface area contributed by atoms with Crippen LogP contribution in [0.25, 0.3) is 21.8 Å². The van der Waals surface area contributed by atoms with E-state index in [4.69, 9.17) is 4.98 Å². The van der Waals surface area contributed by atoms with Gasteiger partial charge < -0.3 is 20.5 Å². The lowest BCUT2D eigenvalue weighted by atomic mass is 10.1. The van der Waals surface area contributed by atoms with E-state index in [1.165, 1.54) is 55.3 Å². The maximum Gasteiger partial charge on any atom is 0.295 e. The van der Waals surface area contributed by atoms with Gasteiger partial charge in [-0.25, -0.2) is 4.98 Å². The van der Waals surface area contributed by atoms with Crippen LogP contribution in [-0.2, 0) is 16.1 Å². The van der Waals surface area contributed by atoms with Gasteiger partial charge in [-0.15, -0.1) is 10.2 Å². The number of hydrogen-bond acceptors (Lipinski definition) is 9. The van der Waals surface area contributed by atoms with E-state index in [1.807, 2.05) is 12.1 Å². The molecule has 14 heteroatoms. The molecule has 2 fully saturated rings. The summed E-state index contributed by atoms with van der Waals surface area (Å²) in [5.41, 5.74) is 3.04. The lowest BCUT2D eigenvalue weighted by Crippen LogP contribution is -2.41. The first-order valence-electron chi connectivity index (χ1n) is 15.6. The maximum atomic E-state index is 13.0. The fourth-order valence-corrected chi connectivity index (χ4v) is 6.32. The molecule has 0 radical (unpaired) electrons. The van der Waals surface area contributed by atoms with Crippen molar-refractivity contribution in [3.63, 3.8) is 0 Å². The van der Waals surface area contributed by atoms with Gasteiger partial charge in [0.2, 0.25) is 23.6 Å². The Labute approximate surface area is 273 Å². The maximum absolute atomic E-state index is 13.0. The van der Waals surface area contributed by atoms with E-state index >= 15 is 0 Å². The Kier molecular flexibility index (Phi) is 7.93. The number of imidazole rings is 1. The van der Waals surface area contributed by atoms with E-state index in [0.29, 0.717) is 17.3 Å². The topological polar surface area (TPSA) is 194 Å². The Morgan fingerprint density at radius 1 is 0.979 bits per heavy atom. The van der Waals surface area contributed by atoms with Crippen molar-refractivity contribution >= 4 is 56.8 Å². The summed E-state index contributed by atoms with van der Waals surface area (Å²) in [5, 5.41) is 34.8. The van der Waals surface area contributed by atoms with Gasteiger partial charge >= 0.3 is 0 Å². The van der Waals surface area contributed by atoms with E-state index < -0.39 is 23.8 Å². The molecule has 2 aliphatic rings. The number of aromatic nitrogens is 3. The number of fused-ring (bicyclic) bond motifs is 2. The summed E-state index contributed by atoms with van der Waals surface area (Å²) >= 11 is 0. The van der Waals surface area contributed by atoms with Crippen molar-refractivity contribution in [2.75, 3.05) is 11.9 Å². The largest absolute Gasteiger partial charge is 0.494 e. The third-order valence-corrected chi connectivity index (χ3v) is 8.95. The Morgan fingerprint density at radius 2 is 1.75 bits per heavy atom. The van der Waals surface area contributed by atoms with Crippen molar-refractivity contribution in [2.45, 2.75) is 51.2 Å². The highest BCUT2D eigenvalue weighted by Gasteiger charge is 2.33. The number of nitrogens with zero attached hydrogens (tertiary/aromatic N) is 5. The number of benzene rings is 3. The molecule has 244 valence electrons. The van der Waals surface area contributed by atoms with Crippen LogP contribution in [0.1, 0.15) is 65.2 Å². The van der Waals surface area contributed by atoms with Crippen molar-refractivity contribution in [2.24, 2.45) is 10.2 Å². The van der Waals surface area contributed by atoms with Gasteiger partial charge in [-0.2, -0.15) is 0 Å². The van der Waals surface area contributed by atoms with Gasteiger partial charge in [0.15, 0.2) is 0 Å². The highest BCUT2D eigenvalue weighted by Crippen LogP contribution is 2.42. The summed E-state index contributed by atoms with van der Waals surface area (Å²) in [6, 6.07) is 15.5. The third kappa shape index (κ3) is 5.88. The number of aromatic amines is 1. The van der Waals surface area contributed by atoms with Crippen LogP contribution >= 0.6 is 0 Å². The number of anilines is 1. The molecule has 5 N–H and O–H groups in total. The van der Waals surface area contributed by atoms with Crippen LogP contribution in [0.4, 0.5) is 11.4 Å². The molecule has 4 heterocycles. The third-order valence-electron chi connectivity index (χ3n) is 8.95. The van der Waals surface area contributed by atoms with Gasteiger partial charge in [-0.3, -0.25) is 34.0 Å². The summed E-state index contributed by atoms with van der Waals surface area (Å²) in [4.78, 5) is 60.0. The van der Waals surface area contributed by atoms with Crippen LogP contribution in [0.3, 0.4) is 0 Å². The molecule has 1 unspecified atom stereocenters. The fourth-order valence-electron chi connectivity index (χ4n) is 6.32. The normalized spacial score (nSPS) is 18.6. The summed E-state index contributed by atoms with van der Waals surface area (Å²) in [5.74, 6) is -1.87. The van der Waals surface area contributed by atoms with Gasteiger partial charge in [0, 0.05) is 40.0 Å². The number of carbonyl (C=O) groups excluding carboxylic acids is 4. The molecule has 48 heavy (non-hydrogen) atoms. The van der Waals surface area contributed by atoms with Gasteiger partial charge in [0.25, 0.3) is 11.8 Å². The average Bonchev–Trinajstić information content (AvgIpc) is 3.75. The zero-order valence-electron chi connectivity index (χ0n) is 25.9. The first kappa shape index (κ1) is 30.7. The van der Waals surface area contributed by atoms with E-state index in [9.17, 15) is 29.4 Å². The van der Waals surface area contributed by atoms with E-state index in [-0.39, 0.29) is 52.5 Å². The van der Waals surface area contributed by atoms with E-state index in [0.717, 1.165) is 34.5 Å².